The Bertz CT molecular complexity index is 374. The molecule has 4 heteroatoms. The van der Waals surface area contributed by atoms with E-state index in [2.05, 4.69) is 13.8 Å². The van der Waals surface area contributed by atoms with Crippen LogP contribution in [0.2, 0.25) is 5.02 Å². The predicted molar refractivity (Wildman–Crippen MR) is 84.0 cm³/mol. The topological polar surface area (TPSA) is 20.3 Å². The zero-order valence-electron chi connectivity index (χ0n) is 11.7. The Labute approximate surface area is 125 Å². The van der Waals surface area contributed by atoms with Crippen LogP contribution in [0.5, 0.6) is 0 Å². The van der Waals surface area contributed by atoms with Crippen molar-refractivity contribution in [3.63, 3.8) is 0 Å². The monoisotopic (exact) mass is 299 g/mol. The van der Waals surface area contributed by atoms with Crippen molar-refractivity contribution < 1.29 is 4.79 Å². The van der Waals surface area contributed by atoms with E-state index in [1.807, 2.05) is 29.2 Å². The number of benzene rings is 1. The molecule has 0 N–H and O–H groups in total. The second-order valence-electron chi connectivity index (χ2n) is 4.43. The highest BCUT2D eigenvalue weighted by Crippen LogP contribution is 2.21. The molecular weight excluding hydrogens is 278 g/mol. The van der Waals surface area contributed by atoms with Crippen molar-refractivity contribution >= 4 is 29.3 Å². The first-order valence-corrected chi connectivity index (χ1v) is 8.19. The van der Waals surface area contributed by atoms with E-state index in [1.54, 1.807) is 11.8 Å². The number of carbonyl (C=O) groups excluding carboxylic acids is 1. The summed E-state index contributed by atoms with van der Waals surface area (Å²) in [5.41, 5.74) is 0. The van der Waals surface area contributed by atoms with Crippen LogP contribution in [0, 0.1) is 0 Å². The number of thioether (sulfide) groups is 1. The fraction of sp³-hybridized carbons (Fsp3) is 0.533. The summed E-state index contributed by atoms with van der Waals surface area (Å²) >= 11 is 7.54. The Balaban J connectivity index is 2.34. The minimum absolute atomic E-state index is 0.269. The van der Waals surface area contributed by atoms with E-state index in [0.717, 1.165) is 41.6 Å². The van der Waals surface area contributed by atoms with Gasteiger partial charge in [0.2, 0.25) is 5.91 Å². The van der Waals surface area contributed by atoms with Gasteiger partial charge in [0.25, 0.3) is 0 Å². The lowest BCUT2D eigenvalue weighted by atomic mass is 10.3. The van der Waals surface area contributed by atoms with Gasteiger partial charge < -0.3 is 4.90 Å². The molecule has 0 saturated heterocycles. The van der Waals surface area contributed by atoms with Crippen LogP contribution in [0.15, 0.2) is 29.2 Å². The van der Waals surface area contributed by atoms with Crippen LogP contribution in [-0.4, -0.2) is 29.6 Å². The molecule has 1 rings (SSSR count). The maximum atomic E-state index is 12.1. The largest absolute Gasteiger partial charge is 0.343 e. The molecule has 0 aliphatic carbocycles. The van der Waals surface area contributed by atoms with Gasteiger partial charge in [-0.1, -0.05) is 25.4 Å². The van der Waals surface area contributed by atoms with E-state index in [-0.39, 0.29) is 5.91 Å². The van der Waals surface area contributed by atoms with Crippen molar-refractivity contribution in [1.82, 2.24) is 4.90 Å². The molecule has 19 heavy (non-hydrogen) atoms. The number of carbonyl (C=O) groups is 1. The Morgan fingerprint density at radius 3 is 2.26 bits per heavy atom. The number of halogens is 1. The molecular formula is C15H22ClNOS. The first-order valence-electron chi connectivity index (χ1n) is 6.83. The zero-order valence-corrected chi connectivity index (χ0v) is 13.3. The van der Waals surface area contributed by atoms with Crippen molar-refractivity contribution in [1.29, 1.82) is 0 Å². The van der Waals surface area contributed by atoms with Crippen LogP contribution < -0.4 is 0 Å². The van der Waals surface area contributed by atoms with E-state index in [4.69, 9.17) is 11.6 Å². The van der Waals surface area contributed by atoms with E-state index in [0.29, 0.717) is 6.42 Å². The van der Waals surface area contributed by atoms with Gasteiger partial charge in [-0.15, -0.1) is 11.8 Å². The molecule has 0 spiro atoms. The molecule has 0 radical (unpaired) electrons. The van der Waals surface area contributed by atoms with Gasteiger partial charge in [0, 0.05) is 35.2 Å². The third kappa shape index (κ3) is 6.35. The van der Waals surface area contributed by atoms with Gasteiger partial charge in [0.15, 0.2) is 0 Å². The average molecular weight is 300 g/mol. The lowest BCUT2D eigenvalue weighted by Gasteiger charge is -2.21. The lowest BCUT2D eigenvalue weighted by molar-refractivity contribution is -0.130. The number of nitrogens with zero attached hydrogens (tertiary/aromatic N) is 1. The van der Waals surface area contributed by atoms with Crippen LogP contribution in [0.1, 0.15) is 33.1 Å². The summed E-state index contributed by atoms with van der Waals surface area (Å²) < 4.78 is 0. The third-order valence-electron chi connectivity index (χ3n) is 2.74. The summed E-state index contributed by atoms with van der Waals surface area (Å²) in [6.45, 7) is 5.97. The standard InChI is InChI=1S/C15H22ClNOS/c1-3-10-17(11-4-2)15(18)9-12-19-14-7-5-13(16)6-8-14/h5-8H,3-4,9-12H2,1-2H3. The zero-order chi connectivity index (χ0) is 14.1. The molecule has 1 amide bonds. The highest BCUT2D eigenvalue weighted by atomic mass is 35.5. The van der Waals surface area contributed by atoms with Gasteiger partial charge in [-0.2, -0.15) is 0 Å². The molecule has 1 aromatic carbocycles. The Morgan fingerprint density at radius 2 is 1.74 bits per heavy atom. The summed E-state index contributed by atoms with van der Waals surface area (Å²) in [5, 5.41) is 0.748. The minimum Gasteiger partial charge on any atom is -0.343 e. The second kappa shape index (κ2) is 9.27. The molecule has 0 unspecified atom stereocenters. The normalized spacial score (nSPS) is 10.5. The minimum atomic E-state index is 0.269. The van der Waals surface area contributed by atoms with Crippen molar-refractivity contribution in [3.05, 3.63) is 29.3 Å². The van der Waals surface area contributed by atoms with E-state index in [9.17, 15) is 4.79 Å². The van der Waals surface area contributed by atoms with E-state index < -0.39 is 0 Å². The molecule has 0 saturated carbocycles. The highest BCUT2D eigenvalue weighted by molar-refractivity contribution is 7.99. The molecule has 0 aromatic heterocycles. The molecule has 0 fully saturated rings. The van der Waals surface area contributed by atoms with Crippen LogP contribution in [0.4, 0.5) is 0 Å². The molecule has 106 valence electrons. The maximum Gasteiger partial charge on any atom is 0.223 e. The molecule has 0 heterocycles. The summed E-state index contributed by atoms with van der Waals surface area (Å²) in [4.78, 5) is 15.2. The van der Waals surface area contributed by atoms with Gasteiger partial charge in [0.05, 0.1) is 0 Å². The van der Waals surface area contributed by atoms with Crippen molar-refractivity contribution in [2.45, 2.75) is 38.0 Å². The molecule has 2 nitrogen and oxygen atoms in total. The van der Waals surface area contributed by atoms with Crippen LogP contribution >= 0.6 is 23.4 Å². The number of hydrogen-bond acceptors (Lipinski definition) is 2. The maximum absolute atomic E-state index is 12.1. The Kier molecular flexibility index (Phi) is 7.99. The highest BCUT2D eigenvalue weighted by Gasteiger charge is 2.11. The predicted octanol–water partition coefficient (Wildman–Crippen LogP) is 4.47. The number of hydrogen-bond donors (Lipinski definition) is 0. The van der Waals surface area contributed by atoms with Gasteiger partial charge in [-0.05, 0) is 37.1 Å². The van der Waals surface area contributed by atoms with Crippen LogP contribution in [0.3, 0.4) is 0 Å². The first kappa shape index (κ1) is 16.4. The summed E-state index contributed by atoms with van der Waals surface area (Å²) in [6, 6.07) is 7.75. The third-order valence-corrected chi connectivity index (χ3v) is 4.00. The van der Waals surface area contributed by atoms with Crippen LogP contribution in [-0.2, 0) is 4.79 Å². The Morgan fingerprint density at radius 1 is 1.16 bits per heavy atom. The molecule has 1 aromatic rings. The van der Waals surface area contributed by atoms with Gasteiger partial charge in [-0.25, -0.2) is 0 Å². The lowest BCUT2D eigenvalue weighted by Crippen LogP contribution is -2.32. The average Bonchev–Trinajstić information content (AvgIpc) is 2.40. The fourth-order valence-corrected chi connectivity index (χ4v) is 2.81. The second-order valence-corrected chi connectivity index (χ2v) is 6.04. The van der Waals surface area contributed by atoms with Gasteiger partial charge in [0.1, 0.15) is 0 Å². The van der Waals surface area contributed by atoms with Crippen molar-refractivity contribution in [3.8, 4) is 0 Å². The quantitative estimate of drug-likeness (QED) is 0.660. The summed E-state index contributed by atoms with van der Waals surface area (Å²) in [5.74, 6) is 1.09. The van der Waals surface area contributed by atoms with Crippen molar-refractivity contribution in [2.75, 3.05) is 18.8 Å². The molecule has 0 atom stereocenters. The smallest absolute Gasteiger partial charge is 0.223 e. The van der Waals surface area contributed by atoms with E-state index >= 15 is 0 Å². The number of rotatable bonds is 8. The van der Waals surface area contributed by atoms with E-state index in [1.165, 1.54) is 0 Å². The first-order chi connectivity index (χ1) is 9.17. The molecule has 0 aliphatic rings. The van der Waals surface area contributed by atoms with Crippen LogP contribution in [0.25, 0.3) is 0 Å². The molecule has 0 bridgehead atoms. The fourth-order valence-electron chi connectivity index (χ4n) is 1.85. The Hall–Kier alpha value is -0.670. The SMILES string of the molecule is CCCN(CCC)C(=O)CCSc1ccc(Cl)cc1. The summed E-state index contributed by atoms with van der Waals surface area (Å²) in [6.07, 6.45) is 2.65. The molecule has 0 aliphatic heterocycles. The number of amides is 1. The van der Waals surface area contributed by atoms with Gasteiger partial charge >= 0.3 is 0 Å². The van der Waals surface area contributed by atoms with Crippen molar-refractivity contribution in [2.24, 2.45) is 0 Å². The summed E-state index contributed by atoms with van der Waals surface area (Å²) in [7, 11) is 0. The van der Waals surface area contributed by atoms with Gasteiger partial charge in [-0.3, -0.25) is 4.79 Å².